The van der Waals surface area contributed by atoms with Crippen LogP contribution in [0.15, 0.2) is 53.4 Å². The number of sulfonamides is 1. The number of halogens is 1. The van der Waals surface area contributed by atoms with Crippen LogP contribution in [-0.2, 0) is 14.8 Å². The van der Waals surface area contributed by atoms with Gasteiger partial charge in [0.2, 0.25) is 10.0 Å². The number of benzene rings is 2. The molecular formula is C19H21ClN2O4S. The van der Waals surface area contributed by atoms with Gasteiger partial charge in [0.05, 0.1) is 24.2 Å². The van der Waals surface area contributed by atoms with Crippen molar-refractivity contribution in [3.05, 3.63) is 64.7 Å². The smallest absolute Gasteiger partial charge is 0.251 e. The third kappa shape index (κ3) is 4.68. The first-order valence-electron chi connectivity index (χ1n) is 8.62. The Morgan fingerprint density at radius 3 is 2.26 bits per heavy atom. The van der Waals surface area contributed by atoms with E-state index in [0.717, 1.165) is 5.56 Å². The molecular weight excluding hydrogens is 388 g/mol. The number of nitrogens with one attached hydrogen (secondary N) is 1. The van der Waals surface area contributed by atoms with E-state index in [4.69, 9.17) is 16.3 Å². The Morgan fingerprint density at radius 1 is 1.07 bits per heavy atom. The minimum atomic E-state index is -3.57. The van der Waals surface area contributed by atoms with Crippen LogP contribution in [0.2, 0.25) is 5.02 Å². The average Bonchev–Trinajstić information content (AvgIpc) is 2.69. The lowest BCUT2D eigenvalue weighted by Gasteiger charge is -2.26. The van der Waals surface area contributed by atoms with Gasteiger partial charge in [0.25, 0.3) is 5.91 Å². The van der Waals surface area contributed by atoms with E-state index in [1.54, 1.807) is 12.1 Å². The van der Waals surface area contributed by atoms with E-state index in [2.05, 4.69) is 5.32 Å². The molecule has 1 N–H and O–H groups in total. The second-order valence-corrected chi connectivity index (χ2v) is 8.66. The number of hydrogen-bond donors (Lipinski definition) is 1. The maximum Gasteiger partial charge on any atom is 0.251 e. The summed E-state index contributed by atoms with van der Waals surface area (Å²) < 4.78 is 31.8. The molecule has 2 aromatic rings. The molecule has 0 radical (unpaired) electrons. The van der Waals surface area contributed by atoms with Crippen LogP contribution in [0.5, 0.6) is 0 Å². The Kier molecular flexibility index (Phi) is 6.16. The minimum absolute atomic E-state index is 0.173. The number of nitrogens with zero attached hydrogens (tertiary/aromatic N) is 1. The summed E-state index contributed by atoms with van der Waals surface area (Å²) in [6.07, 6.45) is 0. The van der Waals surface area contributed by atoms with Gasteiger partial charge in [-0.3, -0.25) is 4.79 Å². The Morgan fingerprint density at radius 2 is 1.67 bits per heavy atom. The summed E-state index contributed by atoms with van der Waals surface area (Å²) in [5, 5.41) is 3.53. The molecule has 1 saturated heterocycles. The largest absolute Gasteiger partial charge is 0.379 e. The molecule has 0 bridgehead atoms. The highest BCUT2D eigenvalue weighted by atomic mass is 35.5. The molecule has 3 rings (SSSR count). The summed E-state index contributed by atoms with van der Waals surface area (Å²) in [6.45, 7) is 3.33. The van der Waals surface area contributed by atoms with Gasteiger partial charge in [-0.05, 0) is 48.9 Å². The molecule has 1 amide bonds. The molecule has 1 heterocycles. The molecule has 8 heteroatoms. The molecule has 1 fully saturated rings. The zero-order valence-corrected chi connectivity index (χ0v) is 16.5. The first kappa shape index (κ1) is 19.8. The van der Waals surface area contributed by atoms with Gasteiger partial charge in [0.1, 0.15) is 0 Å². The predicted molar refractivity (Wildman–Crippen MR) is 103 cm³/mol. The maximum atomic E-state index is 12.6. The summed E-state index contributed by atoms with van der Waals surface area (Å²) in [7, 11) is -3.57. The van der Waals surface area contributed by atoms with Crippen molar-refractivity contribution in [2.75, 3.05) is 26.3 Å². The van der Waals surface area contributed by atoms with E-state index >= 15 is 0 Å². The predicted octanol–water partition coefficient (Wildman–Crippen LogP) is 2.85. The Labute approximate surface area is 164 Å². The lowest BCUT2D eigenvalue weighted by Crippen LogP contribution is -2.40. The van der Waals surface area contributed by atoms with Gasteiger partial charge < -0.3 is 10.1 Å². The van der Waals surface area contributed by atoms with Gasteiger partial charge in [-0.1, -0.05) is 23.7 Å². The molecule has 0 aromatic heterocycles. The fraction of sp³-hybridized carbons (Fsp3) is 0.316. The number of carbonyl (C=O) groups is 1. The SMILES string of the molecule is C[C@H](NC(=O)c1ccc(S(=O)(=O)N2CCOCC2)cc1)c1ccc(Cl)cc1. The summed E-state index contributed by atoms with van der Waals surface area (Å²) in [5.74, 6) is -0.271. The van der Waals surface area contributed by atoms with Crippen molar-refractivity contribution in [1.82, 2.24) is 9.62 Å². The molecule has 0 unspecified atom stereocenters. The number of amides is 1. The first-order chi connectivity index (χ1) is 12.9. The number of morpholine rings is 1. The Hall–Kier alpha value is -1.93. The van der Waals surface area contributed by atoms with Crippen LogP contribution in [0.1, 0.15) is 28.9 Å². The van der Waals surface area contributed by atoms with Crippen molar-refractivity contribution >= 4 is 27.5 Å². The topological polar surface area (TPSA) is 75.7 Å². The van der Waals surface area contributed by atoms with Crippen LogP contribution < -0.4 is 5.32 Å². The zero-order valence-electron chi connectivity index (χ0n) is 14.9. The lowest BCUT2D eigenvalue weighted by molar-refractivity contribution is 0.0730. The number of rotatable bonds is 5. The first-order valence-corrected chi connectivity index (χ1v) is 10.4. The molecule has 27 heavy (non-hydrogen) atoms. The van der Waals surface area contributed by atoms with Crippen LogP contribution in [0.3, 0.4) is 0 Å². The second-order valence-electron chi connectivity index (χ2n) is 6.29. The molecule has 144 valence electrons. The van der Waals surface area contributed by atoms with Crippen molar-refractivity contribution in [3.63, 3.8) is 0 Å². The van der Waals surface area contributed by atoms with Gasteiger partial charge >= 0.3 is 0 Å². The quantitative estimate of drug-likeness (QED) is 0.825. The molecule has 0 saturated carbocycles. The zero-order chi connectivity index (χ0) is 19.4. The van der Waals surface area contributed by atoms with Gasteiger partial charge in [-0.15, -0.1) is 0 Å². The molecule has 1 aliphatic rings. The van der Waals surface area contributed by atoms with Crippen molar-refractivity contribution in [2.45, 2.75) is 17.9 Å². The van der Waals surface area contributed by atoms with E-state index in [-0.39, 0.29) is 16.8 Å². The Balaban J connectivity index is 1.69. The standard InChI is InChI=1S/C19H21ClN2O4S/c1-14(15-2-6-17(20)7-3-15)21-19(23)16-4-8-18(9-5-16)27(24,25)22-10-12-26-13-11-22/h2-9,14H,10-13H2,1H3,(H,21,23)/t14-/m0/s1. The third-order valence-electron chi connectivity index (χ3n) is 4.44. The van der Waals surface area contributed by atoms with Crippen molar-refractivity contribution in [2.24, 2.45) is 0 Å². The summed E-state index contributed by atoms with van der Waals surface area (Å²) in [5.41, 5.74) is 1.33. The van der Waals surface area contributed by atoms with Crippen LogP contribution >= 0.6 is 11.6 Å². The van der Waals surface area contributed by atoms with Crippen molar-refractivity contribution in [3.8, 4) is 0 Å². The molecule has 0 aliphatic carbocycles. The molecule has 1 atom stereocenters. The number of ether oxygens (including phenoxy) is 1. The molecule has 2 aromatic carbocycles. The monoisotopic (exact) mass is 408 g/mol. The van der Waals surface area contributed by atoms with Crippen LogP contribution in [0, 0.1) is 0 Å². The lowest BCUT2D eigenvalue weighted by atomic mass is 10.1. The van der Waals surface area contributed by atoms with Gasteiger partial charge in [0.15, 0.2) is 0 Å². The molecule has 0 spiro atoms. The van der Waals surface area contributed by atoms with Crippen LogP contribution in [0.25, 0.3) is 0 Å². The van der Waals surface area contributed by atoms with E-state index < -0.39 is 10.0 Å². The van der Waals surface area contributed by atoms with Crippen LogP contribution in [-0.4, -0.2) is 44.9 Å². The fourth-order valence-corrected chi connectivity index (χ4v) is 4.36. The summed E-state index contributed by atoms with van der Waals surface area (Å²) in [4.78, 5) is 12.6. The van der Waals surface area contributed by atoms with E-state index in [1.165, 1.54) is 28.6 Å². The highest BCUT2D eigenvalue weighted by Gasteiger charge is 2.26. The minimum Gasteiger partial charge on any atom is -0.379 e. The van der Waals surface area contributed by atoms with Crippen molar-refractivity contribution < 1.29 is 17.9 Å². The molecule has 1 aliphatic heterocycles. The molecule has 6 nitrogen and oxygen atoms in total. The highest BCUT2D eigenvalue weighted by Crippen LogP contribution is 2.19. The fourth-order valence-electron chi connectivity index (χ4n) is 2.83. The second kappa shape index (κ2) is 8.39. The average molecular weight is 409 g/mol. The normalized spacial score (nSPS) is 16.7. The van der Waals surface area contributed by atoms with E-state index in [9.17, 15) is 13.2 Å². The summed E-state index contributed by atoms with van der Waals surface area (Å²) in [6, 6.07) is 13.0. The Bertz CT molecular complexity index is 892. The number of carbonyl (C=O) groups excluding carboxylic acids is 1. The van der Waals surface area contributed by atoms with E-state index in [0.29, 0.717) is 36.9 Å². The van der Waals surface area contributed by atoms with Gasteiger partial charge in [-0.25, -0.2) is 8.42 Å². The summed E-state index contributed by atoms with van der Waals surface area (Å²) >= 11 is 5.88. The van der Waals surface area contributed by atoms with E-state index in [1.807, 2.05) is 19.1 Å². The van der Waals surface area contributed by atoms with Gasteiger partial charge in [-0.2, -0.15) is 4.31 Å². The van der Waals surface area contributed by atoms with Crippen LogP contribution in [0.4, 0.5) is 0 Å². The van der Waals surface area contributed by atoms with Gasteiger partial charge in [0, 0.05) is 23.7 Å². The maximum absolute atomic E-state index is 12.6. The third-order valence-corrected chi connectivity index (χ3v) is 6.61. The highest BCUT2D eigenvalue weighted by molar-refractivity contribution is 7.89. The van der Waals surface area contributed by atoms with Crippen molar-refractivity contribution in [1.29, 1.82) is 0 Å². The number of hydrogen-bond acceptors (Lipinski definition) is 4.